The predicted molar refractivity (Wildman–Crippen MR) is 71.6 cm³/mol. The third-order valence-corrected chi connectivity index (χ3v) is 4.14. The molecule has 2 amide bonds. The van der Waals surface area contributed by atoms with Crippen LogP contribution in [0.5, 0.6) is 0 Å². The molecule has 0 bridgehead atoms. The van der Waals surface area contributed by atoms with Gasteiger partial charge in [-0.2, -0.15) is 0 Å². The highest BCUT2D eigenvalue weighted by atomic mass is 16.2. The molecule has 1 aliphatic heterocycles. The topological polar surface area (TPSA) is 49.4 Å². The van der Waals surface area contributed by atoms with Crippen molar-refractivity contribution >= 4 is 11.8 Å². The van der Waals surface area contributed by atoms with Gasteiger partial charge in [-0.3, -0.25) is 14.5 Å². The molecule has 1 atom stereocenters. The Morgan fingerprint density at radius 3 is 2.42 bits per heavy atom. The average Bonchev–Trinajstić information content (AvgIpc) is 2.82. The predicted octanol–water partition coefficient (Wildman–Crippen LogP) is 0.891. The molecule has 4 heteroatoms. The summed E-state index contributed by atoms with van der Waals surface area (Å²) < 4.78 is 0. The molecule has 1 saturated heterocycles. The first-order chi connectivity index (χ1) is 9.15. The standard InChI is InChI=1S/C15H18N2O2/c1-17-14(18)7-6-13(15(17)19)16-12-8-10-4-2-3-5-11(10)9-12/h2-5,12-13,16H,6-9H2,1H3. The SMILES string of the molecule is CN1C(=O)CCC(NC2Cc3ccccc3C2)C1=O. The Labute approximate surface area is 112 Å². The number of nitrogens with zero attached hydrogens (tertiary/aromatic N) is 1. The van der Waals surface area contributed by atoms with Crippen molar-refractivity contribution in [1.82, 2.24) is 10.2 Å². The van der Waals surface area contributed by atoms with Crippen molar-refractivity contribution in [3.8, 4) is 0 Å². The van der Waals surface area contributed by atoms with Crippen LogP contribution in [0.1, 0.15) is 24.0 Å². The van der Waals surface area contributed by atoms with E-state index in [2.05, 4.69) is 29.6 Å². The number of hydrogen-bond donors (Lipinski definition) is 1. The third-order valence-electron chi connectivity index (χ3n) is 4.14. The van der Waals surface area contributed by atoms with E-state index in [1.807, 2.05) is 0 Å². The number of nitrogens with one attached hydrogen (secondary N) is 1. The second kappa shape index (κ2) is 4.78. The minimum absolute atomic E-state index is 0.0715. The summed E-state index contributed by atoms with van der Waals surface area (Å²) in [6.45, 7) is 0. The Morgan fingerprint density at radius 1 is 1.16 bits per heavy atom. The van der Waals surface area contributed by atoms with E-state index in [1.54, 1.807) is 7.05 Å². The highest BCUT2D eigenvalue weighted by Crippen LogP contribution is 2.23. The molecule has 1 fully saturated rings. The number of carbonyl (C=O) groups excluding carboxylic acids is 2. The first kappa shape index (κ1) is 12.4. The molecular formula is C15H18N2O2. The number of amides is 2. The zero-order chi connectivity index (χ0) is 13.4. The lowest BCUT2D eigenvalue weighted by Crippen LogP contribution is -2.54. The molecule has 19 heavy (non-hydrogen) atoms. The Hall–Kier alpha value is -1.68. The van der Waals surface area contributed by atoms with Gasteiger partial charge in [-0.05, 0) is 30.4 Å². The molecule has 2 aliphatic rings. The van der Waals surface area contributed by atoms with Crippen molar-refractivity contribution in [2.45, 2.75) is 37.8 Å². The van der Waals surface area contributed by atoms with Gasteiger partial charge in [0.1, 0.15) is 0 Å². The second-order valence-corrected chi connectivity index (χ2v) is 5.42. The summed E-state index contributed by atoms with van der Waals surface area (Å²) in [5, 5.41) is 3.42. The van der Waals surface area contributed by atoms with Crippen LogP contribution in [-0.2, 0) is 22.4 Å². The number of carbonyl (C=O) groups is 2. The number of fused-ring (bicyclic) bond motifs is 1. The largest absolute Gasteiger partial charge is 0.302 e. The molecule has 0 saturated carbocycles. The van der Waals surface area contributed by atoms with Gasteiger partial charge in [0.2, 0.25) is 11.8 Å². The van der Waals surface area contributed by atoms with Crippen LogP contribution in [0.25, 0.3) is 0 Å². The van der Waals surface area contributed by atoms with Gasteiger partial charge in [-0.1, -0.05) is 24.3 Å². The second-order valence-electron chi connectivity index (χ2n) is 5.42. The number of rotatable bonds is 2. The van der Waals surface area contributed by atoms with E-state index in [0.29, 0.717) is 18.9 Å². The van der Waals surface area contributed by atoms with Crippen molar-refractivity contribution < 1.29 is 9.59 Å². The highest BCUT2D eigenvalue weighted by molar-refractivity contribution is 6.00. The minimum Gasteiger partial charge on any atom is -0.302 e. The molecule has 3 rings (SSSR count). The number of likely N-dealkylation sites (tertiary alicyclic amines) is 1. The number of likely N-dealkylation sites (N-methyl/N-ethyl adjacent to an activating group) is 1. The maximum absolute atomic E-state index is 12.0. The number of hydrogen-bond acceptors (Lipinski definition) is 3. The molecule has 1 aromatic rings. The molecule has 100 valence electrons. The van der Waals surface area contributed by atoms with Crippen LogP contribution in [0.4, 0.5) is 0 Å². The van der Waals surface area contributed by atoms with Crippen molar-refractivity contribution in [3.05, 3.63) is 35.4 Å². The van der Waals surface area contributed by atoms with Gasteiger partial charge in [-0.25, -0.2) is 0 Å². The monoisotopic (exact) mass is 258 g/mol. The molecule has 1 unspecified atom stereocenters. The summed E-state index contributed by atoms with van der Waals surface area (Å²) in [6.07, 6.45) is 3.02. The van der Waals surface area contributed by atoms with Crippen LogP contribution in [0.2, 0.25) is 0 Å². The lowest BCUT2D eigenvalue weighted by molar-refractivity contribution is -0.148. The number of imide groups is 1. The van der Waals surface area contributed by atoms with Crippen molar-refractivity contribution in [2.24, 2.45) is 0 Å². The van der Waals surface area contributed by atoms with Crippen LogP contribution in [0, 0.1) is 0 Å². The fourth-order valence-electron chi connectivity index (χ4n) is 3.03. The van der Waals surface area contributed by atoms with E-state index in [-0.39, 0.29) is 17.9 Å². The Kier molecular flexibility index (Phi) is 3.11. The Balaban J connectivity index is 1.65. The lowest BCUT2D eigenvalue weighted by atomic mass is 10.0. The lowest BCUT2D eigenvalue weighted by Gasteiger charge is -2.30. The summed E-state index contributed by atoms with van der Waals surface area (Å²) in [5.74, 6) is -0.162. The third kappa shape index (κ3) is 2.28. The van der Waals surface area contributed by atoms with Crippen molar-refractivity contribution in [3.63, 3.8) is 0 Å². The molecule has 1 aromatic carbocycles. The molecule has 4 nitrogen and oxygen atoms in total. The quantitative estimate of drug-likeness (QED) is 0.802. The maximum Gasteiger partial charge on any atom is 0.246 e. The van der Waals surface area contributed by atoms with Crippen LogP contribution in [0.3, 0.4) is 0 Å². The molecular weight excluding hydrogens is 240 g/mol. The Bertz CT molecular complexity index is 502. The highest BCUT2D eigenvalue weighted by Gasteiger charge is 2.34. The van der Waals surface area contributed by atoms with E-state index < -0.39 is 0 Å². The van der Waals surface area contributed by atoms with Crippen LogP contribution in [-0.4, -0.2) is 35.8 Å². The van der Waals surface area contributed by atoms with E-state index in [4.69, 9.17) is 0 Å². The average molecular weight is 258 g/mol. The van der Waals surface area contributed by atoms with Crippen molar-refractivity contribution in [1.29, 1.82) is 0 Å². The first-order valence-electron chi connectivity index (χ1n) is 6.78. The summed E-state index contributed by atoms with van der Waals surface area (Å²) in [5.41, 5.74) is 2.74. The molecule has 0 aromatic heterocycles. The van der Waals surface area contributed by atoms with Gasteiger partial charge < -0.3 is 5.32 Å². The van der Waals surface area contributed by atoms with Gasteiger partial charge in [0.05, 0.1) is 6.04 Å². The van der Waals surface area contributed by atoms with Crippen molar-refractivity contribution in [2.75, 3.05) is 7.05 Å². The Morgan fingerprint density at radius 2 is 1.79 bits per heavy atom. The van der Waals surface area contributed by atoms with Crippen LogP contribution < -0.4 is 5.32 Å². The zero-order valence-corrected chi connectivity index (χ0v) is 11.1. The smallest absolute Gasteiger partial charge is 0.246 e. The molecule has 0 spiro atoms. The molecule has 0 radical (unpaired) electrons. The maximum atomic E-state index is 12.0. The number of benzene rings is 1. The summed E-state index contributed by atoms with van der Waals surface area (Å²) >= 11 is 0. The van der Waals surface area contributed by atoms with Gasteiger partial charge >= 0.3 is 0 Å². The first-order valence-corrected chi connectivity index (χ1v) is 6.78. The van der Waals surface area contributed by atoms with Gasteiger partial charge in [-0.15, -0.1) is 0 Å². The fraction of sp³-hybridized carbons (Fsp3) is 0.467. The summed E-state index contributed by atoms with van der Waals surface area (Å²) in [7, 11) is 1.57. The summed E-state index contributed by atoms with van der Waals surface area (Å²) in [4.78, 5) is 24.7. The van der Waals surface area contributed by atoms with Gasteiger partial charge in [0, 0.05) is 19.5 Å². The molecule has 1 aliphatic carbocycles. The summed E-state index contributed by atoms with van der Waals surface area (Å²) in [6, 6.07) is 8.51. The van der Waals surface area contributed by atoms with Gasteiger partial charge in [0.15, 0.2) is 0 Å². The molecule has 1 N–H and O–H groups in total. The van der Waals surface area contributed by atoms with E-state index in [1.165, 1.54) is 16.0 Å². The van der Waals surface area contributed by atoms with Crippen LogP contribution >= 0.6 is 0 Å². The molecule has 1 heterocycles. The van der Waals surface area contributed by atoms with Crippen LogP contribution in [0.15, 0.2) is 24.3 Å². The number of piperidine rings is 1. The zero-order valence-electron chi connectivity index (χ0n) is 11.1. The van der Waals surface area contributed by atoms with E-state index in [0.717, 1.165) is 12.8 Å². The van der Waals surface area contributed by atoms with E-state index in [9.17, 15) is 9.59 Å². The fourth-order valence-corrected chi connectivity index (χ4v) is 3.03. The van der Waals surface area contributed by atoms with Gasteiger partial charge in [0.25, 0.3) is 0 Å². The minimum atomic E-state index is -0.206. The van der Waals surface area contributed by atoms with E-state index >= 15 is 0 Å². The normalized spacial score (nSPS) is 23.8.